The summed E-state index contributed by atoms with van der Waals surface area (Å²) in [7, 11) is 2.21. The van der Waals surface area contributed by atoms with Crippen LogP contribution in [0.25, 0.3) is 5.76 Å². The fourth-order valence-corrected chi connectivity index (χ4v) is 3.13. The molecule has 0 radical (unpaired) electrons. The lowest BCUT2D eigenvalue weighted by Gasteiger charge is -2.35. The van der Waals surface area contributed by atoms with Gasteiger partial charge in [-0.25, -0.2) is 9.59 Å². The number of nitrogens with zero attached hydrogens (tertiary/aromatic N) is 1. The average molecular weight is 321 g/mol. The maximum absolute atomic E-state index is 13.0. The van der Waals surface area contributed by atoms with E-state index >= 15 is 0 Å². The Kier molecular flexibility index (Phi) is 3.46. The molecule has 1 aliphatic carbocycles. The zero-order valence-electron chi connectivity index (χ0n) is 12.9. The van der Waals surface area contributed by atoms with E-state index in [9.17, 15) is 14.4 Å². The number of hydrogen-bond donors (Lipinski definition) is 0. The Morgan fingerprint density at radius 1 is 1.22 bits per heavy atom. The summed E-state index contributed by atoms with van der Waals surface area (Å²) in [6.45, 7) is 2.05. The quantitative estimate of drug-likeness (QED) is 0.587. The van der Waals surface area contributed by atoms with Gasteiger partial charge in [0.05, 0.1) is 32.1 Å². The molecule has 0 atom stereocenters. The van der Waals surface area contributed by atoms with Gasteiger partial charge in [-0.15, -0.1) is 0 Å². The molecule has 0 N–H and O–H groups in total. The van der Waals surface area contributed by atoms with Crippen molar-refractivity contribution in [2.45, 2.75) is 19.8 Å². The van der Waals surface area contributed by atoms with Crippen LogP contribution in [0.3, 0.4) is 0 Å². The molecule has 0 unspecified atom stereocenters. The Hall–Kier alpha value is -2.64. The van der Waals surface area contributed by atoms with Crippen LogP contribution < -0.4 is 0 Å². The SMILES string of the molecule is COC(=O)C1(C(=O)OC)C(=O)c2onc(C)c2C2=C1CCCO2. The van der Waals surface area contributed by atoms with E-state index in [0.717, 1.165) is 14.2 Å². The topological polar surface area (TPSA) is 105 Å². The Morgan fingerprint density at radius 2 is 1.87 bits per heavy atom. The van der Waals surface area contributed by atoms with Gasteiger partial charge in [-0.1, -0.05) is 5.16 Å². The van der Waals surface area contributed by atoms with Crippen LogP contribution in [0.4, 0.5) is 0 Å². The zero-order valence-corrected chi connectivity index (χ0v) is 12.9. The van der Waals surface area contributed by atoms with Crippen LogP contribution >= 0.6 is 0 Å². The lowest BCUT2D eigenvalue weighted by Crippen LogP contribution is -2.52. The van der Waals surface area contributed by atoms with Crippen molar-refractivity contribution in [2.75, 3.05) is 20.8 Å². The van der Waals surface area contributed by atoms with Crippen molar-refractivity contribution in [3.63, 3.8) is 0 Å². The van der Waals surface area contributed by atoms with Crippen molar-refractivity contribution in [2.24, 2.45) is 5.41 Å². The number of aromatic nitrogens is 1. The predicted octanol–water partition coefficient (Wildman–Crippen LogP) is 1.03. The summed E-state index contributed by atoms with van der Waals surface area (Å²) in [6.07, 6.45) is 0.886. The van der Waals surface area contributed by atoms with Gasteiger partial charge in [-0.3, -0.25) is 4.79 Å². The monoisotopic (exact) mass is 321 g/mol. The third kappa shape index (κ3) is 1.77. The highest BCUT2D eigenvalue weighted by Crippen LogP contribution is 2.49. The molecule has 23 heavy (non-hydrogen) atoms. The molecule has 0 saturated carbocycles. The van der Waals surface area contributed by atoms with Gasteiger partial charge in [0, 0.05) is 5.57 Å². The van der Waals surface area contributed by atoms with E-state index in [0.29, 0.717) is 30.7 Å². The van der Waals surface area contributed by atoms with E-state index in [1.807, 2.05) is 0 Å². The number of carbonyl (C=O) groups excluding carboxylic acids is 3. The molecule has 0 aromatic carbocycles. The molecule has 0 fully saturated rings. The third-order valence-corrected chi connectivity index (χ3v) is 4.16. The molecule has 0 bridgehead atoms. The summed E-state index contributed by atoms with van der Waals surface area (Å²) in [5.41, 5.74) is -1.16. The first-order valence-corrected chi connectivity index (χ1v) is 7.04. The average Bonchev–Trinajstić information content (AvgIpc) is 2.97. The molecule has 122 valence electrons. The molecule has 1 aromatic rings. The molecule has 2 aliphatic rings. The van der Waals surface area contributed by atoms with Gasteiger partial charge < -0.3 is 18.7 Å². The molecule has 0 spiro atoms. The number of aryl methyl sites for hydroxylation is 1. The molecule has 2 heterocycles. The van der Waals surface area contributed by atoms with E-state index in [1.54, 1.807) is 6.92 Å². The maximum Gasteiger partial charge on any atom is 0.335 e. The second-order valence-electron chi connectivity index (χ2n) is 5.29. The van der Waals surface area contributed by atoms with Crippen LogP contribution in [0.2, 0.25) is 0 Å². The zero-order chi connectivity index (χ0) is 16.8. The van der Waals surface area contributed by atoms with Crippen molar-refractivity contribution in [1.29, 1.82) is 0 Å². The largest absolute Gasteiger partial charge is 0.493 e. The molecule has 8 nitrogen and oxygen atoms in total. The Balaban J connectivity index is 2.38. The Bertz CT molecular complexity index is 727. The van der Waals surface area contributed by atoms with Gasteiger partial charge >= 0.3 is 11.9 Å². The molecule has 8 heteroatoms. The summed E-state index contributed by atoms with van der Waals surface area (Å²) in [6, 6.07) is 0. The number of Topliss-reactive ketones (excluding diaryl/α,β-unsaturated/α-hetero) is 1. The number of rotatable bonds is 2. The van der Waals surface area contributed by atoms with Crippen LogP contribution in [0.5, 0.6) is 0 Å². The lowest BCUT2D eigenvalue weighted by molar-refractivity contribution is -0.162. The van der Waals surface area contributed by atoms with Gasteiger partial charge in [0.25, 0.3) is 5.41 Å². The lowest BCUT2D eigenvalue weighted by atomic mass is 9.68. The van der Waals surface area contributed by atoms with Crippen LogP contribution in [0, 0.1) is 12.3 Å². The van der Waals surface area contributed by atoms with Gasteiger partial charge in [-0.05, 0) is 19.8 Å². The number of carbonyl (C=O) groups is 3. The first kappa shape index (κ1) is 15.3. The summed E-state index contributed by atoms with van der Waals surface area (Å²) >= 11 is 0. The summed E-state index contributed by atoms with van der Waals surface area (Å²) < 4.78 is 20.2. The van der Waals surface area contributed by atoms with Crippen molar-refractivity contribution in [1.82, 2.24) is 5.16 Å². The fourth-order valence-electron chi connectivity index (χ4n) is 3.13. The predicted molar refractivity (Wildman–Crippen MR) is 74.1 cm³/mol. The second-order valence-corrected chi connectivity index (χ2v) is 5.29. The number of fused-ring (bicyclic) bond motifs is 2. The Morgan fingerprint density at radius 3 is 2.48 bits per heavy atom. The number of esters is 2. The molecular weight excluding hydrogens is 306 g/mol. The molecule has 3 rings (SSSR count). The standard InChI is InChI=1S/C15H15NO7/c1-7-9-10-8(5-4-6-22-10)15(13(18)20-2,14(19)21-3)12(17)11(9)23-16-7/h4-6H2,1-3H3. The normalized spacial score (nSPS) is 18.7. The van der Waals surface area contributed by atoms with Crippen molar-refractivity contribution in [3.05, 3.63) is 22.6 Å². The molecule has 0 saturated heterocycles. The molecule has 0 amide bonds. The van der Waals surface area contributed by atoms with Crippen LogP contribution in [0.1, 0.15) is 34.7 Å². The van der Waals surface area contributed by atoms with E-state index in [4.69, 9.17) is 18.7 Å². The summed E-state index contributed by atoms with van der Waals surface area (Å²) in [5, 5.41) is 3.76. The van der Waals surface area contributed by atoms with Crippen molar-refractivity contribution >= 4 is 23.5 Å². The van der Waals surface area contributed by atoms with E-state index in [2.05, 4.69) is 5.16 Å². The smallest absolute Gasteiger partial charge is 0.335 e. The molecule has 1 aromatic heterocycles. The van der Waals surface area contributed by atoms with Crippen molar-refractivity contribution < 1.29 is 33.1 Å². The van der Waals surface area contributed by atoms with E-state index in [1.165, 1.54) is 0 Å². The van der Waals surface area contributed by atoms with E-state index in [-0.39, 0.29) is 17.1 Å². The minimum Gasteiger partial charge on any atom is -0.493 e. The van der Waals surface area contributed by atoms with Crippen molar-refractivity contribution in [3.8, 4) is 0 Å². The van der Waals surface area contributed by atoms with Gasteiger partial charge in [0.15, 0.2) is 0 Å². The van der Waals surface area contributed by atoms with E-state index < -0.39 is 23.1 Å². The maximum atomic E-state index is 13.0. The number of ketones is 1. The minimum absolute atomic E-state index is 0.195. The first-order chi connectivity index (χ1) is 11.0. The number of hydrogen-bond acceptors (Lipinski definition) is 8. The molecule has 1 aliphatic heterocycles. The van der Waals surface area contributed by atoms with Gasteiger partial charge in [0.1, 0.15) is 5.76 Å². The highest BCUT2D eigenvalue weighted by molar-refractivity contribution is 6.30. The highest BCUT2D eigenvalue weighted by atomic mass is 16.5. The van der Waals surface area contributed by atoms with Crippen LogP contribution in [0.15, 0.2) is 10.1 Å². The third-order valence-electron chi connectivity index (χ3n) is 4.16. The summed E-state index contributed by atoms with van der Waals surface area (Å²) in [4.78, 5) is 37.9. The first-order valence-electron chi connectivity index (χ1n) is 7.04. The second kappa shape index (κ2) is 5.22. The van der Waals surface area contributed by atoms with Crippen LogP contribution in [-0.4, -0.2) is 43.7 Å². The number of methoxy groups -OCH3 is 2. The highest BCUT2D eigenvalue weighted by Gasteiger charge is 2.64. The van der Waals surface area contributed by atoms with Gasteiger partial charge in [0.2, 0.25) is 11.5 Å². The number of ether oxygens (including phenoxy) is 3. The summed E-state index contributed by atoms with van der Waals surface area (Å²) in [5.74, 6) is -2.80. The van der Waals surface area contributed by atoms with Crippen LogP contribution in [-0.2, 0) is 23.8 Å². The fraction of sp³-hybridized carbons (Fsp3) is 0.467. The minimum atomic E-state index is -2.24. The Labute approximate surface area is 131 Å². The molecular formula is C15H15NO7. The van der Waals surface area contributed by atoms with Gasteiger partial charge in [-0.2, -0.15) is 0 Å².